The summed E-state index contributed by atoms with van der Waals surface area (Å²) >= 11 is 1.50. The standard InChI is InChI=1S/C27H34N4O3S/c1-34-23-8-4-3-6-20(23)19-29-14-16-31(17-15-29)26(33)22-18-27(22)9-12-30(13-10-27)25(32)21-7-5-11-28-24(21)35-2/h3-8,11,22H,9-10,12-19H2,1-2H3/t22-/m1/s1. The van der Waals surface area contributed by atoms with E-state index in [1.54, 1.807) is 13.3 Å². The number of thioether (sulfide) groups is 1. The number of aromatic nitrogens is 1. The number of benzene rings is 1. The fraction of sp³-hybridized carbons (Fsp3) is 0.519. The fourth-order valence-corrected chi connectivity index (χ4v) is 6.25. The second kappa shape index (κ2) is 10.2. The molecule has 3 aliphatic rings. The number of carbonyl (C=O) groups is 2. The van der Waals surface area contributed by atoms with E-state index in [0.717, 1.165) is 75.9 Å². The first-order chi connectivity index (χ1) is 17.0. The SMILES string of the molecule is COc1ccccc1CN1CCN(C(=O)[C@H]2CC23CCN(C(=O)c2cccnc2SC)CC3)CC1. The van der Waals surface area contributed by atoms with Gasteiger partial charge in [-0.1, -0.05) is 18.2 Å². The molecule has 1 spiro atoms. The quantitative estimate of drug-likeness (QED) is 0.574. The number of para-hydroxylation sites is 1. The number of ether oxygens (including phenoxy) is 1. The number of amides is 2. The molecular weight excluding hydrogens is 460 g/mol. The van der Waals surface area contributed by atoms with E-state index in [-0.39, 0.29) is 17.2 Å². The molecule has 1 atom stereocenters. The molecule has 1 aromatic carbocycles. The van der Waals surface area contributed by atoms with Gasteiger partial charge in [0.15, 0.2) is 0 Å². The maximum atomic E-state index is 13.3. The first-order valence-corrected chi connectivity index (χ1v) is 13.7. The molecule has 1 saturated carbocycles. The van der Waals surface area contributed by atoms with Crippen LogP contribution >= 0.6 is 11.8 Å². The van der Waals surface area contributed by atoms with Crippen LogP contribution in [0.2, 0.25) is 0 Å². The van der Waals surface area contributed by atoms with Gasteiger partial charge >= 0.3 is 0 Å². The highest BCUT2D eigenvalue weighted by molar-refractivity contribution is 7.98. The van der Waals surface area contributed by atoms with Crippen molar-refractivity contribution in [3.05, 3.63) is 53.7 Å². The van der Waals surface area contributed by atoms with Gasteiger partial charge in [-0.25, -0.2) is 4.98 Å². The maximum absolute atomic E-state index is 13.3. The Kier molecular flexibility index (Phi) is 7.02. The number of hydrogen-bond acceptors (Lipinski definition) is 6. The monoisotopic (exact) mass is 494 g/mol. The van der Waals surface area contributed by atoms with Gasteiger partial charge in [0.1, 0.15) is 10.8 Å². The second-order valence-electron chi connectivity index (χ2n) is 9.88. The van der Waals surface area contributed by atoms with Crippen molar-refractivity contribution >= 4 is 23.6 Å². The van der Waals surface area contributed by atoms with Crippen molar-refractivity contribution < 1.29 is 14.3 Å². The predicted molar refractivity (Wildman–Crippen MR) is 137 cm³/mol. The zero-order valence-electron chi connectivity index (χ0n) is 20.6. The molecule has 2 amide bonds. The lowest BCUT2D eigenvalue weighted by atomic mass is 9.90. The van der Waals surface area contributed by atoms with E-state index in [2.05, 4.69) is 20.9 Å². The van der Waals surface area contributed by atoms with Gasteiger partial charge in [-0.05, 0) is 49.1 Å². The van der Waals surface area contributed by atoms with Crippen LogP contribution in [0.15, 0.2) is 47.6 Å². The van der Waals surface area contributed by atoms with E-state index >= 15 is 0 Å². The second-order valence-corrected chi connectivity index (χ2v) is 10.7. The molecule has 8 heteroatoms. The predicted octanol–water partition coefficient (Wildman–Crippen LogP) is 3.40. The third-order valence-electron chi connectivity index (χ3n) is 8.00. The minimum Gasteiger partial charge on any atom is -0.496 e. The van der Waals surface area contributed by atoms with E-state index < -0.39 is 0 Å². The zero-order chi connectivity index (χ0) is 24.4. The molecule has 2 aliphatic heterocycles. The van der Waals surface area contributed by atoms with Crippen molar-refractivity contribution in [1.29, 1.82) is 0 Å². The maximum Gasteiger partial charge on any atom is 0.256 e. The van der Waals surface area contributed by atoms with Gasteiger partial charge in [-0.15, -0.1) is 11.8 Å². The lowest BCUT2D eigenvalue weighted by molar-refractivity contribution is -0.135. The average Bonchev–Trinajstić information content (AvgIpc) is 3.61. The Labute approximate surface area is 211 Å². The van der Waals surface area contributed by atoms with Crippen LogP contribution in [-0.4, -0.2) is 84.1 Å². The molecule has 0 bridgehead atoms. The van der Waals surface area contributed by atoms with E-state index in [9.17, 15) is 9.59 Å². The lowest BCUT2D eigenvalue weighted by Gasteiger charge is -2.36. The highest BCUT2D eigenvalue weighted by atomic mass is 32.2. The van der Waals surface area contributed by atoms with Crippen LogP contribution in [0.5, 0.6) is 5.75 Å². The number of pyridine rings is 1. The summed E-state index contributed by atoms with van der Waals surface area (Å²) in [6, 6.07) is 11.8. The first-order valence-electron chi connectivity index (χ1n) is 12.5. The molecule has 3 fully saturated rings. The summed E-state index contributed by atoms with van der Waals surface area (Å²) in [5.74, 6) is 1.43. The molecule has 1 aliphatic carbocycles. The summed E-state index contributed by atoms with van der Waals surface area (Å²) in [4.78, 5) is 37.1. The Balaban J connectivity index is 1.11. The Bertz CT molecular complexity index is 1080. The van der Waals surface area contributed by atoms with Gasteiger partial charge in [-0.2, -0.15) is 0 Å². The molecular formula is C27H34N4O3S. The van der Waals surface area contributed by atoms with Gasteiger partial charge in [0.2, 0.25) is 5.91 Å². The molecule has 7 nitrogen and oxygen atoms in total. The summed E-state index contributed by atoms with van der Waals surface area (Å²) in [5, 5.41) is 0.780. The van der Waals surface area contributed by atoms with Crippen molar-refractivity contribution in [1.82, 2.24) is 19.7 Å². The van der Waals surface area contributed by atoms with Crippen LogP contribution in [0.1, 0.15) is 35.2 Å². The summed E-state index contributed by atoms with van der Waals surface area (Å²) in [5.41, 5.74) is 1.97. The van der Waals surface area contributed by atoms with Crippen molar-refractivity contribution in [2.45, 2.75) is 30.8 Å². The van der Waals surface area contributed by atoms with Crippen molar-refractivity contribution in [2.24, 2.45) is 11.3 Å². The third kappa shape index (κ3) is 4.91. The number of carbonyl (C=O) groups excluding carboxylic acids is 2. The normalized spacial score (nSPS) is 21.7. The van der Waals surface area contributed by atoms with E-state index in [1.807, 2.05) is 41.5 Å². The van der Waals surface area contributed by atoms with Crippen LogP contribution < -0.4 is 4.74 Å². The fourth-order valence-electron chi connectivity index (χ4n) is 5.71. The van der Waals surface area contributed by atoms with Gasteiger partial charge in [0.25, 0.3) is 5.91 Å². The number of nitrogens with zero attached hydrogens (tertiary/aromatic N) is 4. The van der Waals surface area contributed by atoms with Gasteiger partial charge in [-0.3, -0.25) is 14.5 Å². The average molecular weight is 495 g/mol. The Morgan fingerprint density at radius 2 is 1.77 bits per heavy atom. The Hall–Kier alpha value is -2.58. The molecule has 2 aromatic rings. The number of rotatable bonds is 6. The summed E-state index contributed by atoms with van der Waals surface area (Å²) in [6.07, 6.45) is 6.48. The third-order valence-corrected chi connectivity index (χ3v) is 8.71. The molecule has 0 N–H and O–H groups in total. The number of piperidine rings is 1. The van der Waals surface area contributed by atoms with Crippen LogP contribution in [-0.2, 0) is 11.3 Å². The van der Waals surface area contributed by atoms with E-state index in [1.165, 1.54) is 17.3 Å². The molecule has 0 radical (unpaired) electrons. The zero-order valence-corrected chi connectivity index (χ0v) is 21.4. The Morgan fingerprint density at radius 1 is 1.03 bits per heavy atom. The highest BCUT2D eigenvalue weighted by Gasteiger charge is 2.59. The van der Waals surface area contributed by atoms with Crippen molar-refractivity contribution in [3.8, 4) is 5.75 Å². The number of hydrogen-bond donors (Lipinski definition) is 0. The number of methoxy groups -OCH3 is 1. The largest absolute Gasteiger partial charge is 0.496 e. The van der Waals surface area contributed by atoms with Crippen molar-refractivity contribution in [3.63, 3.8) is 0 Å². The summed E-state index contributed by atoms with van der Waals surface area (Å²) in [7, 11) is 1.71. The van der Waals surface area contributed by atoms with E-state index in [0.29, 0.717) is 11.5 Å². The van der Waals surface area contributed by atoms with Crippen molar-refractivity contribution in [2.75, 3.05) is 52.6 Å². The lowest BCUT2D eigenvalue weighted by Crippen LogP contribution is -2.49. The smallest absolute Gasteiger partial charge is 0.256 e. The molecule has 3 heterocycles. The van der Waals surface area contributed by atoms with Crippen LogP contribution in [0.25, 0.3) is 0 Å². The molecule has 0 unspecified atom stereocenters. The first kappa shape index (κ1) is 24.1. The van der Waals surface area contributed by atoms with E-state index in [4.69, 9.17) is 4.74 Å². The molecule has 5 rings (SSSR count). The van der Waals surface area contributed by atoms with Gasteiger partial charge in [0, 0.05) is 63.5 Å². The molecule has 35 heavy (non-hydrogen) atoms. The Morgan fingerprint density at radius 3 is 2.49 bits per heavy atom. The van der Waals surface area contributed by atoms with Crippen LogP contribution in [0, 0.1) is 11.3 Å². The summed E-state index contributed by atoms with van der Waals surface area (Å²) < 4.78 is 5.49. The molecule has 186 valence electrons. The topological polar surface area (TPSA) is 66.0 Å². The molecule has 2 saturated heterocycles. The summed E-state index contributed by atoms with van der Waals surface area (Å²) in [6.45, 7) is 5.62. The van der Waals surface area contributed by atoms with Gasteiger partial charge in [0.05, 0.1) is 12.7 Å². The van der Waals surface area contributed by atoms with Crippen LogP contribution in [0.3, 0.4) is 0 Å². The van der Waals surface area contributed by atoms with Gasteiger partial charge < -0.3 is 14.5 Å². The highest BCUT2D eigenvalue weighted by Crippen LogP contribution is 2.60. The minimum atomic E-state index is 0.0620. The molecule has 1 aromatic heterocycles. The number of likely N-dealkylation sites (tertiary alicyclic amines) is 1. The minimum absolute atomic E-state index is 0.0620. The number of piperazine rings is 1. The van der Waals surface area contributed by atoms with Crippen LogP contribution in [0.4, 0.5) is 0 Å².